The number of ether oxygens (including phenoxy) is 1. The molecule has 0 spiro atoms. The zero-order valence-corrected chi connectivity index (χ0v) is 9.36. The summed E-state index contributed by atoms with van der Waals surface area (Å²) in [6.07, 6.45) is 1.73. The molecule has 2 aromatic rings. The molecule has 1 aromatic heterocycles. The van der Waals surface area contributed by atoms with Gasteiger partial charge >= 0.3 is 0 Å². The van der Waals surface area contributed by atoms with E-state index in [4.69, 9.17) is 9.15 Å². The monoisotopic (exact) mass is 218 g/mol. The number of rotatable bonds is 4. The number of hydrogen-bond acceptors (Lipinski definition) is 4. The predicted molar refractivity (Wildman–Crippen MR) is 61.3 cm³/mol. The molecule has 1 aromatic carbocycles. The van der Waals surface area contributed by atoms with Gasteiger partial charge in [0.25, 0.3) is 0 Å². The van der Waals surface area contributed by atoms with Gasteiger partial charge in [0, 0.05) is 5.56 Å². The summed E-state index contributed by atoms with van der Waals surface area (Å²) in [6.45, 7) is 0.635. The Balaban J connectivity index is 2.21. The minimum absolute atomic E-state index is 0.635. The van der Waals surface area contributed by atoms with Gasteiger partial charge in [0.2, 0.25) is 5.89 Å². The normalized spacial score (nSPS) is 10.4. The van der Waals surface area contributed by atoms with Gasteiger partial charge < -0.3 is 14.5 Å². The number of oxazole rings is 1. The van der Waals surface area contributed by atoms with Gasteiger partial charge in [-0.1, -0.05) is 0 Å². The van der Waals surface area contributed by atoms with Crippen molar-refractivity contribution in [3.63, 3.8) is 0 Å². The summed E-state index contributed by atoms with van der Waals surface area (Å²) in [7, 11) is 3.51. The highest BCUT2D eigenvalue weighted by Crippen LogP contribution is 2.22. The van der Waals surface area contributed by atoms with Crippen LogP contribution < -0.4 is 10.1 Å². The van der Waals surface area contributed by atoms with Crippen molar-refractivity contribution in [3.8, 4) is 17.1 Å². The van der Waals surface area contributed by atoms with E-state index in [0.29, 0.717) is 12.4 Å². The van der Waals surface area contributed by atoms with E-state index in [9.17, 15) is 0 Å². The van der Waals surface area contributed by atoms with E-state index in [-0.39, 0.29) is 0 Å². The first-order valence-corrected chi connectivity index (χ1v) is 5.07. The molecule has 0 unspecified atom stereocenters. The van der Waals surface area contributed by atoms with Crippen LogP contribution in [0.5, 0.6) is 5.75 Å². The average molecular weight is 218 g/mol. The quantitative estimate of drug-likeness (QED) is 0.853. The van der Waals surface area contributed by atoms with Crippen LogP contribution in [0.1, 0.15) is 5.89 Å². The lowest BCUT2D eigenvalue weighted by Crippen LogP contribution is -2.04. The van der Waals surface area contributed by atoms with E-state index >= 15 is 0 Å². The first kappa shape index (κ1) is 10.7. The van der Waals surface area contributed by atoms with E-state index in [1.165, 1.54) is 0 Å². The van der Waals surface area contributed by atoms with Crippen molar-refractivity contribution in [3.05, 3.63) is 36.4 Å². The van der Waals surface area contributed by atoms with E-state index in [1.54, 1.807) is 13.3 Å². The molecule has 0 saturated carbocycles. The molecule has 0 saturated heterocycles. The molecule has 0 amide bonds. The lowest BCUT2D eigenvalue weighted by atomic mass is 10.2. The van der Waals surface area contributed by atoms with Crippen LogP contribution in [-0.2, 0) is 6.54 Å². The maximum absolute atomic E-state index is 5.57. The Morgan fingerprint density at radius 2 is 2.06 bits per heavy atom. The molecule has 84 valence electrons. The lowest BCUT2D eigenvalue weighted by Gasteiger charge is -2.00. The molecule has 0 bridgehead atoms. The van der Waals surface area contributed by atoms with Crippen LogP contribution in [0.25, 0.3) is 11.3 Å². The van der Waals surface area contributed by atoms with Crippen molar-refractivity contribution in [1.29, 1.82) is 0 Å². The topological polar surface area (TPSA) is 47.3 Å². The Hall–Kier alpha value is -1.81. The van der Waals surface area contributed by atoms with Crippen LogP contribution in [0.15, 0.2) is 34.9 Å². The van der Waals surface area contributed by atoms with Gasteiger partial charge in [0.1, 0.15) is 5.75 Å². The Bertz CT molecular complexity index is 448. The molecule has 0 fully saturated rings. The molecule has 4 heteroatoms. The summed E-state index contributed by atoms with van der Waals surface area (Å²) in [6, 6.07) is 7.69. The fraction of sp³-hybridized carbons (Fsp3) is 0.250. The molecule has 2 rings (SSSR count). The molecule has 0 aliphatic carbocycles. The Labute approximate surface area is 94.3 Å². The molecular weight excluding hydrogens is 204 g/mol. The number of nitrogens with one attached hydrogen (secondary N) is 1. The molecule has 0 radical (unpaired) electrons. The second-order valence-electron chi connectivity index (χ2n) is 3.38. The largest absolute Gasteiger partial charge is 0.497 e. The predicted octanol–water partition coefficient (Wildman–Crippen LogP) is 2.07. The third kappa shape index (κ3) is 2.23. The Morgan fingerprint density at radius 1 is 1.31 bits per heavy atom. The van der Waals surface area contributed by atoms with E-state index in [1.807, 2.05) is 31.3 Å². The number of methoxy groups -OCH3 is 1. The highest BCUT2D eigenvalue weighted by Gasteiger charge is 2.05. The standard InChI is InChI=1S/C12H14N2O2/c1-13-8-12-14-7-11(16-12)9-3-5-10(15-2)6-4-9/h3-7,13H,8H2,1-2H3. The summed E-state index contributed by atoms with van der Waals surface area (Å²) in [5.74, 6) is 2.29. The minimum atomic E-state index is 0.635. The van der Waals surface area contributed by atoms with Crippen LogP contribution in [0.2, 0.25) is 0 Å². The summed E-state index contributed by atoms with van der Waals surface area (Å²) < 4.78 is 10.7. The minimum Gasteiger partial charge on any atom is -0.497 e. The number of hydrogen-bond donors (Lipinski definition) is 1. The van der Waals surface area contributed by atoms with Crippen LogP contribution in [0, 0.1) is 0 Å². The Morgan fingerprint density at radius 3 is 2.69 bits per heavy atom. The first-order valence-electron chi connectivity index (χ1n) is 5.07. The maximum Gasteiger partial charge on any atom is 0.208 e. The second kappa shape index (κ2) is 4.81. The van der Waals surface area contributed by atoms with Gasteiger partial charge in [-0.05, 0) is 31.3 Å². The fourth-order valence-corrected chi connectivity index (χ4v) is 1.43. The first-order chi connectivity index (χ1) is 7.83. The Kier molecular flexibility index (Phi) is 3.22. The van der Waals surface area contributed by atoms with Crippen molar-refractivity contribution >= 4 is 0 Å². The van der Waals surface area contributed by atoms with Gasteiger partial charge in [-0.2, -0.15) is 0 Å². The number of benzene rings is 1. The average Bonchev–Trinajstić information content (AvgIpc) is 2.78. The SMILES string of the molecule is CNCc1ncc(-c2ccc(OC)cc2)o1. The van der Waals surface area contributed by atoms with Crippen molar-refractivity contribution in [2.75, 3.05) is 14.2 Å². The maximum atomic E-state index is 5.57. The molecular formula is C12H14N2O2. The van der Waals surface area contributed by atoms with Crippen molar-refractivity contribution in [2.24, 2.45) is 0 Å². The van der Waals surface area contributed by atoms with Crippen LogP contribution in [-0.4, -0.2) is 19.1 Å². The van der Waals surface area contributed by atoms with Gasteiger partial charge in [0.05, 0.1) is 19.9 Å². The summed E-state index contributed by atoms with van der Waals surface area (Å²) in [4.78, 5) is 4.16. The number of aromatic nitrogens is 1. The highest BCUT2D eigenvalue weighted by atomic mass is 16.5. The molecule has 16 heavy (non-hydrogen) atoms. The zero-order valence-electron chi connectivity index (χ0n) is 9.36. The van der Waals surface area contributed by atoms with Crippen LogP contribution in [0.4, 0.5) is 0 Å². The van der Waals surface area contributed by atoms with Crippen LogP contribution in [0.3, 0.4) is 0 Å². The fourth-order valence-electron chi connectivity index (χ4n) is 1.43. The number of nitrogens with zero attached hydrogens (tertiary/aromatic N) is 1. The molecule has 1 N–H and O–H groups in total. The van der Waals surface area contributed by atoms with Gasteiger partial charge in [-0.25, -0.2) is 4.98 Å². The van der Waals surface area contributed by atoms with Crippen molar-refractivity contribution in [2.45, 2.75) is 6.54 Å². The third-order valence-electron chi connectivity index (χ3n) is 2.26. The van der Waals surface area contributed by atoms with Crippen LogP contribution >= 0.6 is 0 Å². The van der Waals surface area contributed by atoms with E-state index < -0.39 is 0 Å². The summed E-state index contributed by atoms with van der Waals surface area (Å²) in [5.41, 5.74) is 0.996. The molecule has 0 aliphatic rings. The molecule has 0 atom stereocenters. The van der Waals surface area contributed by atoms with Gasteiger partial charge in [0.15, 0.2) is 5.76 Å². The molecule has 0 aliphatic heterocycles. The van der Waals surface area contributed by atoms with E-state index in [0.717, 1.165) is 17.1 Å². The summed E-state index contributed by atoms with van der Waals surface area (Å²) >= 11 is 0. The van der Waals surface area contributed by atoms with Gasteiger partial charge in [-0.3, -0.25) is 0 Å². The molecule has 1 heterocycles. The van der Waals surface area contributed by atoms with Gasteiger partial charge in [-0.15, -0.1) is 0 Å². The smallest absolute Gasteiger partial charge is 0.208 e. The zero-order chi connectivity index (χ0) is 11.4. The summed E-state index contributed by atoms with van der Waals surface area (Å²) in [5, 5.41) is 2.99. The van der Waals surface area contributed by atoms with Crippen molar-refractivity contribution < 1.29 is 9.15 Å². The highest BCUT2D eigenvalue weighted by molar-refractivity contribution is 5.57. The molecule has 4 nitrogen and oxygen atoms in total. The lowest BCUT2D eigenvalue weighted by molar-refractivity contribution is 0.415. The second-order valence-corrected chi connectivity index (χ2v) is 3.38. The third-order valence-corrected chi connectivity index (χ3v) is 2.26. The van der Waals surface area contributed by atoms with Crippen molar-refractivity contribution in [1.82, 2.24) is 10.3 Å². The van der Waals surface area contributed by atoms with E-state index in [2.05, 4.69) is 10.3 Å².